The minimum Gasteiger partial charge on any atom is -0.342 e. The molecule has 0 aliphatic heterocycles. The minimum absolute atomic E-state index is 0.327. The van der Waals surface area contributed by atoms with E-state index in [1.165, 1.54) is 5.56 Å². The molecule has 1 atom stereocenters. The summed E-state index contributed by atoms with van der Waals surface area (Å²) in [6, 6.07) is 6.29. The van der Waals surface area contributed by atoms with Crippen molar-refractivity contribution in [1.29, 1.82) is 0 Å². The van der Waals surface area contributed by atoms with Crippen LogP contribution in [0.4, 0.5) is 0 Å². The number of fused-ring (bicyclic) bond motifs is 1. The lowest BCUT2D eigenvalue weighted by Crippen LogP contribution is -2.19. The zero-order valence-electron chi connectivity index (χ0n) is 11.5. The standard InChI is InChI=1S/C15H22N2/c1-10-7-6-8-12-14(10)17-13(16-12)9-11(2)15(3,4)5/h6-8,11H,9H2,1-5H3,(H,16,17). The van der Waals surface area contributed by atoms with E-state index in [1.807, 2.05) is 0 Å². The van der Waals surface area contributed by atoms with Crippen molar-refractivity contribution in [1.82, 2.24) is 9.97 Å². The molecule has 0 saturated heterocycles. The molecule has 0 aliphatic rings. The van der Waals surface area contributed by atoms with E-state index in [4.69, 9.17) is 4.98 Å². The number of rotatable bonds is 2. The summed E-state index contributed by atoms with van der Waals surface area (Å²) < 4.78 is 0. The molecule has 0 amide bonds. The van der Waals surface area contributed by atoms with E-state index in [0.717, 1.165) is 23.3 Å². The molecule has 92 valence electrons. The molecule has 0 spiro atoms. The van der Waals surface area contributed by atoms with Gasteiger partial charge < -0.3 is 4.98 Å². The van der Waals surface area contributed by atoms with Gasteiger partial charge in [-0.2, -0.15) is 0 Å². The number of H-pyrrole nitrogens is 1. The Kier molecular flexibility index (Phi) is 2.98. The van der Waals surface area contributed by atoms with Crippen LogP contribution in [0.3, 0.4) is 0 Å². The van der Waals surface area contributed by atoms with Crippen LogP contribution < -0.4 is 0 Å². The van der Waals surface area contributed by atoms with Crippen LogP contribution >= 0.6 is 0 Å². The second kappa shape index (κ2) is 4.17. The van der Waals surface area contributed by atoms with E-state index in [0.29, 0.717) is 11.3 Å². The smallest absolute Gasteiger partial charge is 0.107 e. The van der Waals surface area contributed by atoms with E-state index in [9.17, 15) is 0 Å². The third-order valence-corrected chi connectivity index (χ3v) is 3.74. The molecular formula is C15H22N2. The van der Waals surface area contributed by atoms with Crippen LogP contribution in [0.1, 0.15) is 39.1 Å². The Morgan fingerprint density at radius 2 is 2.00 bits per heavy atom. The largest absolute Gasteiger partial charge is 0.342 e. The normalized spacial score (nSPS) is 14.2. The number of aryl methyl sites for hydroxylation is 1. The Bertz CT molecular complexity index is 517. The first-order valence-corrected chi connectivity index (χ1v) is 6.32. The Morgan fingerprint density at radius 3 is 2.59 bits per heavy atom. The maximum atomic E-state index is 4.71. The van der Waals surface area contributed by atoms with Gasteiger partial charge in [0.1, 0.15) is 5.82 Å². The number of hydrogen-bond acceptors (Lipinski definition) is 1. The average molecular weight is 230 g/mol. The van der Waals surface area contributed by atoms with Gasteiger partial charge in [-0.3, -0.25) is 0 Å². The lowest BCUT2D eigenvalue weighted by Gasteiger charge is -2.26. The summed E-state index contributed by atoms with van der Waals surface area (Å²) in [5.74, 6) is 1.72. The van der Waals surface area contributed by atoms with Crippen molar-refractivity contribution in [3.8, 4) is 0 Å². The highest BCUT2D eigenvalue weighted by Crippen LogP contribution is 2.28. The summed E-state index contributed by atoms with van der Waals surface area (Å²) >= 11 is 0. The summed E-state index contributed by atoms with van der Waals surface area (Å²) in [5, 5.41) is 0. The van der Waals surface area contributed by atoms with Crippen molar-refractivity contribution in [3.63, 3.8) is 0 Å². The van der Waals surface area contributed by atoms with Crippen molar-refractivity contribution < 1.29 is 0 Å². The number of imidazole rings is 1. The Labute approximate surface area is 103 Å². The topological polar surface area (TPSA) is 28.7 Å². The van der Waals surface area contributed by atoms with Crippen molar-refractivity contribution in [2.45, 2.75) is 41.0 Å². The first-order chi connectivity index (χ1) is 7.88. The molecule has 1 N–H and O–H groups in total. The Balaban J connectivity index is 2.29. The molecule has 1 aromatic heterocycles. The first kappa shape index (κ1) is 12.2. The molecule has 2 aromatic rings. The third kappa shape index (κ3) is 2.51. The monoisotopic (exact) mass is 230 g/mol. The predicted octanol–water partition coefficient (Wildman–Crippen LogP) is 4.10. The molecule has 2 rings (SSSR count). The summed E-state index contributed by atoms with van der Waals surface area (Å²) in [6.07, 6.45) is 1.01. The molecule has 0 aliphatic carbocycles. The highest BCUT2D eigenvalue weighted by molar-refractivity contribution is 5.78. The first-order valence-electron chi connectivity index (χ1n) is 6.32. The molecule has 0 fully saturated rings. The molecule has 0 bridgehead atoms. The van der Waals surface area contributed by atoms with Crippen LogP contribution in [0.5, 0.6) is 0 Å². The maximum absolute atomic E-state index is 4.71. The highest BCUT2D eigenvalue weighted by Gasteiger charge is 2.21. The zero-order valence-corrected chi connectivity index (χ0v) is 11.5. The van der Waals surface area contributed by atoms with Gasteiger partial charge >= 0.3 is 0 Å². The number of nitrogens with zero attached hydrogens (tertiary/aromatic N) is 1. The van der Waals surface area contributed by atoms with E-state index in [2.05, 4.69) is 57.8 Å². The minimum atomic E-state index is 0.327. The van der Waals surface area contributed by atoms with Gasteiger partial charge in [0.25, 0.3) is 0 Å². The summed E-state index contributed by atoms with van der Waals surface area (Å²) in [4.78, 5) is 8.14. The number of benzene rings is 1. The SMILES string of the molecule is Cc1cccc2[nH]c(CC(C)C(C)(C)C)nc12. The van der Waals surface area contributed by atoms with Crippen LogP contribution in [0, 0.1) is 18.3 Å². The molecule has 1 aromatic carbocycles. The van der Waals surface area contributed by atoms with Crippen LogP contribution in [0.25, 0.3) is 11.0 Å². The van der Waals surface area contributed by atoms with Crippen molar-refractivity contribution in [2.24, 2.45) is 11.3 Å². The average Bonchev–Trinajstić information content (AvgIpc) is 2.60. The lowest BCUT2D eigenvalue weighted by atomic mass is 9.80. The second-order valence-corrected chi connectivity index (χ2v) is 6.13. The summed E-state index contributed by atoms with van der Waals surface area (Å²) in [7, 11) is 0. The highest BCUT2D eigenvalue weighted by atomic mass is 14.9. The molecule has 0 radical (unpaired) electrons. The number of aromatic nitrogens is 2. The fourth-order valence-electron chi connectivity index (χ4n) is 1.92. The molecule has 2 heteroatoms. The van der Waals surface area contributed by atoms with Crippen molar-refractivity contribution in [2.75, 3.05) is 0 Å². The molecule has 1 heterocycles. The molecular weight excluding hydrogens is 208 g/mol. The fraction of sp³-hybridized carbons (Fsp3) is 0.533. The molecule has 17 heavy (non-hydrogen) atoms. The number of para-hydroxylation sites is 1. The van der Waals surface area contributed by atoms with Crippen LogP contribution in [0.2, 0.25) is 0 Å². The summed E-state index contributed by atoms with van der Waals surface area (Å²) in [6.45, 7) is 11.3. The van der Waals surface area contributed by atoms with Crippen LogP contribution in [0.15, 0.2) is 18.2 Å². The van der Waals surface area contributed by atoms with Gasteiger partial charge in [-0.1, -0.05) is 39.8 Å². The van der Waals surface area contributed by atoms with Crippen LogP contribution in [-0.2, 0) is 6.42 Å². The number of aromatic amines is 1. The maximum Gasteiger partial charge on any atom is 0.107 e. The van der Waals surface area contributed by atoms with Crippen molar-refractivity contribution >= 4 is 11.0 Å². The predicted molar refractivity (Wildman–Crippen MR) is 73.2 cm³/mol. The molecule has 2 nitrogen and oxygen atoms in total. The van der Waals surface area contributed by atoms with Gasteiger partial charge in [0.2, 0.25) is 0 Å². The van der Waals surface area contributed by atoms with E-state index in [1.54, 1.807) is 0 Å². The number of hydrogen-bond donors (Lipinski definition) is 1. The van der Waals surface area contributed by atoms with E-state index >= 15 is 0 Å². The summed E-state index contributed by atoms with van der Waals surface area (Å²) in [5.41, 5.74) is 3.84. The van der Waals surface area contributed by atoms with Gasteiger partial charge in [0.15, 0.2) is 0 Å². The van der Waals surface area contributed by atoms with Gasteiger partial charge in [0, 0.05) is 6.42 Å². The Hall–Kier alpha value is -1.31. The third-order valence-electron chi connectivity index (χ3n) is 3.74. The van der Waals surface area contributed by atoms with Gasteiger partial charge in [-0.15, -0.1) is 0 Å². The Morgan fingerprint density at radius 1 is 1.29 bits per heavy atom. The van der Waals surface area contributed by atoms with Gasteiger partial charge in [-0.25, -0.2) is 4.98 Å². The quantitative estimate of drug-likeness (QED) is 0.826. The van der Waals surface area contributed by atoms with Gasteiger partial charge in [-0.05, 0) is 29.9 Å². The van der Waals surface area contributed by atoms with E-state index < -0.39 is 0 Å². The van der Waals surface area contributed by atoms with E-state index in [-0.39, 0.29) is 0 Å². The van der Waals surface area contributed by atoms with Crippen molar-refractivity contribution in [3.05, 3.63) is 29.6 Å². The fourth-order valence-corrected chi connectivity index (χ4v) is 1.92. The number of nitrogens with one attached hydrogen (secondary N) is 1. The van der Waals surface area contributed by atoms with Crippen LogP contribution in [-0.4, -0.2) is 9.97 Å². The molecule has 0 saturated carbocycles. The molecule has 1 unspecified atom stereocenters. The lowest BCUT2D eigenvalue weighted by molar-refractivity contribution is 0.257. The zero-order chi connectivity index (χ0) is 12.6. The van der Waals surface area contributed by atoms with Gasteiger partial charge in [0.05, 0.1) is 11.0 Å². The second-order valence-electron chi connectivity index (χ2n) is 6.13.